The van der Waals surface area contributed by atoms with Crippen LogP contribution in [-0.4, -0.2) is 30.1 Å². The number of nitrogens with zero attached hydrogens (tertiary/aromatic N) is 2. The third kappa shape index (κ3) is 5.95. The molecular formula is C14H25IN4S. The highest BCUT2D eigenvalue weighted by Crippen LogP contribution is 2.19. The van der Waals surface area contributed by atoms with Gasteiger partial charge in [-0.05, 0) is 19.8 Å². The Bertz CT molecular complexity index is 427. The molecule has 0 bridgehead atoms. The third-order valence-corrected chi connectivity index (χ3v) is 4.16. The van der Waals surface area contributed by atoms with E-state index in [0.717, 1.165) is 25.5 Å². The second-order valence-corrected chi connectivity index (χ2v) is 6.15. The van der Waals surface area contributed by atoms with Crippen molar-refractivity contribution in [2.24, 2.45) is 4.99 Å². The van der Waals surface area contributed by atoms with Crippen molar-refractivity contribution in [3.8, 4) is 0 Å². The first-order valence-corrected chi connectivity index (χ1v) is 8.06. The molecule has 1 fully saturated rings. The highest BCUT2D eigenvalue weighted by Gasteiger charge is 2.21. The Morgan fingerprint density at radius 3 is 2.80 bits per heavy atom. The van der Waals surface area contributed by atoms with E-state index in [1.165, 1.54) is 23.5 Å². The van der Waals surface area contributed by atoms with Gasteiger partial charge in [0.25, 0.3) is 0 Å². The molecule has 0 aliphatic heterocycles. The number of hydrogen-bond donors (Lipinski definition) is 2. The summed E-state index contributed by atoms with van der Waals surface area (Å²) in [5.41, 5.74) is 1.17. The molecule has 0 amide bonds. The van der Waals surface area contributed by atoms with Gasteiger partial charge in [-0.3, -0.25) is 4.99 Å². The topological polar surface area (TPSA) is 49.3 Å². The van der Waals surface area contributed by atoms with E-state index in [0.29, 0.717) is 12.0 Å². The van der Waals surface area contributed by atoms with Crippen molar-refractivity contribution in [2.75, 3.05) is 13.1 Å². The minimum absolute atomic E-state index is 0. The Kier molecular flexibility index (Phi) is 7.79. The molecule has 1 heterocycles. The molecule has 0 unspecified atom stereocenters. The maximum Gasteiger partial charge on any atom is 0.191 e. The average molecular weight is 408 g/mol. The zero-order valence-corrected chi connectivity index (χ0v) is 15.6. The fraction of sp³-hybridized carbons (Fsp3) is 0.714. The zero-order valence-electron chi connectivity index (χ0n) is 12.5. The van der Waals surface area contributed by atoms with Crippen molar-refractivity contribution in [3.63, 3.8) is 0 Å². The van der Waals surface area contributed by atoms with Gasteiger partial charge in [-0.2, -0.15) is 0 Å². The van der Waals surface area contributed by atoms with E-state index in [-0.39, 0.29) is 24.0 Å². The number of aromatic nitrogens is 1. The summed E-state index contributed by atoms with van der Waals surface area (Å²) in [5, 5.41) is 10.1. The fourth-order valence-electron chi connectivity index (χ4n) is 1.73. The van der Waals surface area contributed by atoms with Crippen molar-refractivity contribution in [2.45, 2.75) is 52.0 Å². The minimum atomic E-state index is 0. The number of hydrogen-bond acceptors (Lipinski definition) is 3. The van der Waals surface area contributed by atoms with Crippen molar-refractivity contribution in [1.82, 2.24) is 15.6 Å². The zero-order chi connectivity index (χ0) is 13.7. The number of thiazole rings is 1. The molecule has 1 aliphatic carbocycles. The molecule has 0 spiro atoms. The van der Waals surface area contributed by atoms with Gasteiger partial charge in [-0.1, -0.05) is 13.8 Å². The van der Waals surface area contributed by atoms with Crippen LogP contribution in [0.15, 0.2) is 10.4 Å². The van der Waals surface area contributed by atoms with Gasteiger partial charge >= 0.3 is 0 Å². The van der Waals surface area contributed by atoms with Crippen LogP contribution in [0, 0.1) is 0 Å². The normalized spacial score (nSPS) is 15.1. The molecule has 1 aliphatic rings. The van der Waals surface area contributed by atoms with Crippen LogP contribution >= 0.6 is 35.3 Å². The Hall–Kier alpha value is -0.370. The number of guanidine groups is 1. The first kappa shape index (κ1) is 17.7. The second-order valence-electron chi connectivity index (χ2n) is 5.26. The molecule has 0 radical (unpaired) electrons. The lowest BCUT2D eigenvalue weighted by Gasteiger charge is -2.09. The van der Waals surface area contributed by atoms with E-state index in [2.05, 4.69) is 46.8 Å². The van der Waals surface area contributed by atoms with Crippen LogP contribution in [0.2, 0.25) is 0 Å². The molecule has 1 saturated carbocycles. The Labute approximate surface area is 142 Å². The summed E-state index contributed by atoms with van der Waals surface area (Å²) in [6.45, 7) is 8.17. The van der Waals surface area contributed by atoms with Gasteiger partial charge in [0.05, 0.1) is 10.7 Å². The minimum Gasteiger partial charge on any atom is -0.357 e. The second kappa shape index (κ2) is 8.81. The van der Waals surface area contributed by atoms with E-state index in [9.17, 15) is 0 Å². The van der Waals surface area contributed by atoms with Gasteiger partial charge in [0.2, 0.25) is 0 Å². The molecule has 1 aromatic heterocycles. The van der Waals surface area contributed by atoms with Crippen molar-refractivity contribution < 1.29 is 0 Å². The lowest BCUT2D eigenvalue weighted by molar-refractivity contribution is 0.799. The van der Waals surface area contributed by atoms with Gasteiger partial charge in [0.15, 0.2) is 5.96 Å². The predicted octanol–water partition coefficient (Wildman–Crippen LogP) is 3.14. The molecule has 0 aromatic carbocycles. The van der Waals surface area contributed by atoms with Gasteiger partial charge < -0.3 is 10.6 Å². The summed E-state index contributed by atoms with van der Waals surface area (Å²) in [7, 11) is 0. The maximum atomic E-state index is 4.63. The smallest absolute Gasteiger partial charge is 0.191 e. The molecule has 20 heavy (non-hydrogen) atoms. The fourth-order valence-corrected chi connectivity index (χ4v) is 2.60. The van der Waals surface area contributed by atoms with Gasteiger partial charge in [0.1, 0.15) is 0 Å². The standard InChI is InChI=1S/C14H24N4S.HI/c1-4-15-14(18-11-5-6-11)16-8-7-12-9-19-13(17-12)10(2)3;/h9-11H,4-8H2,1-3H3,(H2,15,16,18);1H. The third-order valence-electron chi connectivity index (χ3n) is 2.96. The van der Waals surface area contributed by atoms with Gasteiger partial charge in [0, 0.05) is 36.9 Å². The SMILES string of the molecule is CCNC(=NCCc1csc(C(C)C)n1)NC1CC1.I. The number of aliphatic imine (C=N–C) groups is 1. The monoisotopic (exact) mass is 408 g/mol. The van der Waals surface area contributed by atoms with Crippen LogP contribution in [0.4, 0.5) is 0 Å². The van der Waals surface area contributed by atoms with Crippen molar-refractivity contribution in [3.05, 3.63) is 16.1 Å². The Morgan fingerprint density at radius 2 is 2.25 bits per heavy atom. The quantitative estimate of drug-likeness (QED) is 0.432. The van der Waals surface area contributed by atoms with Crippen LogP contribution in [-0.2, 0) is 6.42 Å². The van der Waals surface area contributed by atoms with E-state index < -0.39 is 0 Å². The van der Waals surface area contributed by atoms with Crippen molar-refractivity contribution in [1.29, 1.82) is 0 Å². The predicted molar refractivity (Wildman–Crippen MR) is 97.5 cm³/mol. The van der Waals surface area contributed by atoms with Crippen LogP contribution in [0.3, 0.4) is 0 Å². The maximum absolute atomic E-state index is 4.63. The van der Waals surface area contributed by atoms with E-state index >= 15 is 0 Å². The average Bonchev–Trinajstić information content (AvgIpc) is 3.05. The van der Waals surface area contributed by atoms with Crippen LogP contribution in [0.1, 0.15) is 50.2 Å². The Morgan fingerprint density at radius 1 is 1.50 bits per heavy atom. The first-order valence-electron chi connectivity index (χ1n) is 7.18. The molecule has 2 rings (SSSR count). The molecule has 114 valence electrons. The lowest BCUT2D eigenvalue weighted by Crippen LogP contribution is -2.38. The molecule has 6 heteroatoms. The van der Waals surface area contributed by atoms with Crippen LogP contribution < -0.4 is 10.6 Å². The molecule has 0 atom stereocenters. The van der Waals surface area contributed by atoms with Crippen LogP contribution in [0.5, 0.6) is 0 Å². The number of nitrogens with one attached hydrogen (secondary N) is 2. The van der Waals surface area contributed by atoms with E-state index in [1.54, 1.807) is 11.3 Å². The van der Waals surface area contributed by atoms with Gasteiger partial charge in [-0.25, -0.2) is 4.98 Å². The summed E-state index contributed by atoms with van der Waals surface area (Å²) < 4.78 is 0. The molecule has 1 aromatic rings. The first-order chi connectivity index (χ1) is 9.19. The molecular weight excluding hydrogens is 383 g/mol. The summed E-state index contributed by atoms with van der Waals surface area (Å²) in [5.74, 6) is 1.47. The Balaban J connectivity index is 0.00000200. The highest BCUT2D eigenvalue weighted by atomic mass is 127. The molecule has 4 nitrogen and oxygen atoms in total. The molecule has 0 saturated heterocycles. The summed E-state index contributed by atoms with van der Waals surface area (Å²) >= 11 is 1.76. The number of rotatable bonds is 6. The highest BCUT2D eigenvalue weighted by molar-refractivity contribution is 14.0. The van der Waals surface area contributed by atoms with E-state index in [4.69, 9.17) is 0 Å². The summed E-state index contributed by atoms with van der Waals surface area (Å²) in [4.78, 5) is 9.24. The largest absolute Gasteiger partial charge is 0.357 e. The summed E-state index contributed by atoms with van der Waals surface area (Å²) in [6, 6.07) is 0.643. The number of halogens is 1. The van der Waals surface area contributed by atoms with Crippen molar-refractivity contribution >= 4 is 41.3 Å². The molecule has 2 N–H and O–H groups in total. The summed E-state index contributed by atoms with van der Waals surface area (Å²) in [6.07, 6.45) is 3.47. The van der Waals surface area contributed by atoms with E-state index in [1.807, 2.05) is 0 Å². The van der Waals surface area contributed by atoms with Gasteiger partial charge in [-0.15, -0.1) is 35.3 Å². The van der Waals surface area contributed by atoms with Crippen LogP contribution in [0.25, 0.3) is 0 Å². The lowest BCUT2D eigenvalue weighted by atomic mass is 10.2.